The SMILES string of the molecule is CC(C)[C@@]1(C)N=C(c2cccc(C3=N[C@@](C)(C(C)C)C(=O)N3)n2)NC1=O. The molecule has 2 aliphatic heterocycles. The van der Waals surface area contributed by atoms with Crippen LogP contribution < -0.4 is 10.6 Å². The zero-order valence-electron chi connectivity index (χ0n) is 16.0. The van der Waals surface area contributed by atoms with Crippen molar-refractivity contribution >= 4 is 23.5 Å². The number of amides is 2. The Kier molecular flexibility index (Phi) is 4.21. The fourth-order valence-corrected chi connectivity index (χ4v) is 2.81. The Morgan fingerprint density at radius 2 is 1.19 bits per heavy atom. The summed E-state index contributed by atoms with van der Waals surface area (Å²) in [6.45, 7) is 11.5. The number of carbonyl (C=O) groups excluding carboxylic acids is 2. The molecule has 7 nitrogen and oxygen atoms in total. The van der Waals surface area contributed by atoms with Gasteiger partial charge in [-0.1, -0.05) is 33.8 Å². The van der Waals surface area contributed by atoms with Crippen LogP contribution in [0.25, 0.3) is 0 Å². The maximum absolute atomic E-state index is 12.3. The van der Waals surface area contributed by atoms with E-state index in [9.17, 15) is 9.59 Å². The van der Waals surface area contributed by atoms with Gasteiger partial charge in [0, 0.05) is 0 Å². The van der Waals surface area contributed by atoms with Crippen molar-refractivity contribution in [3.8, 4) is 0 Å². The quantitative estimate of drug-likeness (QED) is 0.860. The van der Waals surface area contributed by atoms with Gasteiger partial charge in [0.1, 0.15) is 22.5 Å². The van der Waals surface area contributed by atoms with Crippen molar-refractivity contribution in [1.29, 1.82) is 0 Å². The highest BCUT2D eigenvalue weighted by molar-refractivity contribution is 6.16. The lowest BCUT2D eigenvalue weighted by atomic mass is 9.89. The van der Waals surface area contributed by atoms with Gasteiger partial charge in [0.2, 0.25) is 0 Å². The lowest BCUT2D eigenvalue weighted by molar-refractivity contribution is -0.125. The zero-order valence-corrected chi connectivity index (χ0v) is 16.0. The summed E-state index contributed by atoms with van der Waals surface area (Å²) in [6.07, 6.45) is 0. The van der Waals surface area contributed by atoms with E-state index in [-0.39, 0.29) is 23.7 Å². The van der Waals surface area contributed by atoms with Crippen LogP contribution in [0.1, 0.15) is 52.9 Å². The minimum Gasteiger partial charge on any atom is -0.307 e. The Morgan fingerprint density at radius 3 is 1.50 bits per heavy atom. The minimum absolute atomic E-state index is 0.0634. The lowest BCUT2D eigenvalue weighted by Gasteiger charge is -2.21. The van der Waals surface area contributed by atoms with E-state index in [0.29, 0.717) is 23.1 Å². The molecular weight excluding hydrogens is 330 g/mol. The first-order valence-electron chi connectivity index (χ1n) is 8.88. The molecule has 0 saturated heterocycles. The molecule has 0 unspecified atom stereocenters. The summed E-state index contributed by atoms with van der Waals surface area (Å²) < 4.78 is 0. The van der Waals surface area contributed by atoms with Crippen molar-refractivity contribution in [2.45, 2.75) is 52.6 Å². The van der Waals surface area contributed by atoms with E-state index in [1.807, 2.05) is 47.6 Å². The smallest absolute Gasteiger partial charge is 0.253 e. The molecule has 3 heterocycles. The van der Waals surface area contributed by atoms with E-state index in [1.165, 1.54) is 0 Å². The third-order valence-corrected chi connectivity index (χ3v) is 5.55. The van der Waals surface area contributed by atoms with Gasteiger partial charge >= 0.3 is 0 Å². The summed E-state index contributed by atoms with van der Waals surface area (Å²) in [5.41, 5.74) is -0.504. The van der Waals surface area contributed by atoms with Gasteiger partial charge in [-0.3, -0.25) is 9.59 Å². The van der Waals surface area contributed by atoms with Crippen LogP contribution in [0.3, 0.4) is 0 Å². The monoisotopic (exact) mass is 355 g/mol. The molecule has 2 atom stereocenters. The standard InChI is InChI=1S/C19H25N5O2/c1-10(2)18(5)16(25)21-14(23-18)12-8-7-9-13(20-12)15-22-17(26)19(6,24-15)11(3)4/h7-11H,1-6H3,(H,21,23,25)(H,22,24,26)/t18-,19+. The highest BCUT2D eigenvalue weighted by Gasteiger charge is 2.43. The number of amidine groups is 2. The summed E-state index contributed by atoms with van der Waals surface area (Å²) in [7, 11) is 0. The highest BCUT2D eigenvalue weighted by Crippen LogP contribution is 2.28. The molecule has 0 aliphatic carbocycles. The Bertz CT molecular complexity index is 777. The molecule has 2 aliphatic rings. The van der Waals surface area contributed by atoms with Crippen molar-refractivity contribution in [3.63, 3.8) is 0 Å². The summed E-state index contributed by atoms with van der Waals surface area (Å²) in [5, 5.41) is 5.65. The highest BCUT2D eigenvalue weighted by atomic mass is 16.2. The van der Waals surface area contributed by atoms with Gasteiger partial charge in [-0.05, 0) is 37.8 Å². The molecule has 2 amide bonds. The van der Waals surface area contributed by atoms with Crippen LogP contribution in [0.5, 0.6) is 0 Å². The average Bonchev–Trinajstić information content (AvgIpc) is 3.07. The third kappa shape index (κ3) is 2.71. The van der Waals surface area contributed by atoms with E-state index in [0.717, 1.165) is 0 Å². The molecular formula is C19H25N5O2. The van der Waals surface area contributed by atoms with Gasteiger partial charge in [0.15, 0.2) is 11.7 Å². The summed E-state index contributed by atoms with van der Waals surface area (Å²) >= 11 is 0. The zero-order chi connectivity index (χ0) is 19.3. The molecule has 1 aromatic heterocycles. The first kappa shape index (κ1) is 18.2. The Hall–Kier alpha value is -2.57. The molecule has 0 radical (unpaired) electrons. The largest absolute Gasteiger partial charge is 0.307 e. The van der Waals surface area contributed by atoms with Crippen LogP contribution in [-0.4, -0.2) is 39.5 Å². The van der Waals surface area contributed by atoms with Gasteiger partial charge in [-0.2, -0.15) is 0 Å². The summed E-state index contributed by atoms with van der Waals surface area (Å²) in [6, 6.07) is 5.39. The number of hydrogen-bond donors (Lipinski definition) is 2. The van der Waals surface area contributed by atoms with Crippen molar-refractivity contribution < 1.29 is 9.59 Å². The van der Waals surface area contributed by atoms with Gasteiger partial charge in [-0.15, -0.1) is 0 Å². The molecule has 26 heavy (non-hydrogen) atoms. The van der Waals surface area contributed by atoms with Gasteiger partial charge < -0.3 is 10.6 Å². The number of aromatic nitrogens is 1. The molecule has 0 saturated carbocycles. The number of hydrogen-bond acceptors (Lipinski definition) is 5. The first-order valence-corrected chi connectivity index (χ1v) is 8.88. The molecule has 7 heteroatoms. The molecule has 1 aromatic rings. The molecule has 0 spiro atoms. The van der Waals surface area contributed by atoms with E-state index in [1.54, 1.807) is 12.1 Å². The fourth-order valence-electron chi connectivity index (χ4n) is 2.81. The van der Waals surface area contributed by atoms with Crippen molar-refractivity contribution in [1.82, 2.24) is 15.6 Å². The number of rotatable bonds is 4. The van der Waals surface area contributed by atoms with Crippen LogP contribution in [0, 0.1) is 11.8 Å². The Labute approximate surface area is 153 Å². The van der Waals surface area contributed by atoms with E-state index >= 15 is 0 Å². The van der Waals surface area contributed by atoms with Crippen LogP contribution in [0.2, 0.25) is 0 Å². The predicted octanol–water partition coefficient (Wildman–Crippen LogP) is 1.66. The third-order valence-electron chi connectivity index (χ3n) is 5.55. The molecule has 3 rings (SSSR count). The van der Waals surface area contributed by atoms with Crippen molar-refractivity contribution in [2.75, 3.05) is 0 Å². The van der Waals surface area contributed by atoms with Crippen molar-refractivity contribution in [2.24, 2.45) is 21.8 Å². The first-order chi connectivity index (χ1) is 12.1. The predicted molar refractivity (Wildman–Crippen MR) is 100 cm³/mol. The van der Waals surface area contributed by atoms with Crippen LogP contribution >= 0.6 is 0 Å². The molecule has 2 N–H and O–H groups in total. The second-order valence-corrected chi connectivity index (χ2v) is 7.84. The van der Waals surface area contributed by atoms with Gasteiger partial charge in [-0.25, -0.2) is 15.0 Å². The number of nitrogens with one attached hydrogen (secondary N) is 2. The Balaban J connectivity index is 1.96. The normalized spacial score (nSPS) is 28.3. The molecule has 0 fully saturated rings. The topological polar surface area (TPSA) is 95.8 Å². The average molecular weight is 355 g/mol. The maximum atomic E-state index is 12.3. The second kappa shape index (κ2) is 6.00. The van der Waals surface area contributed by atoms with E-state index in [4.69, 9.17) is 0 Å². The van der Waals surface area contributed by atoms with Crippen molar-refractivity contribution in [3.05, 3.63) is 29.6 Å². The van der Waals surface area contributed by atoms with Crippen LogP contribution in [0.4, 0.5) is 0 Å². The second-order valence-electron chi connectivity index (χ2n) is 7.84. The molecule has 138 valence electrons. The van der Waals surface area contributed by atoms with E-state index < -0.39 is 11.1 Å². The summed E-state index contributed by atoms with van der Waals surface area (Å²) in [5.74, 6) is 0.762. The number of carbonyl (C=O) groups is 2. The minimum atomic E-state index is -0.803. The van der Waals surface area contributed by atoms with Crippen LogP contribution in [-0.2, 0) is 9.59 Å². The number of aliphatic imine (C=N–C) groups is 2. The molecule has 0 bridgehead atoms. The van der Waals surface area contributed by atoms with Crippen LogP contribution in [0.15, 0.2) is 28.2 Å². The molecule has 0 aromatic carbocycles. The number of nitrogens with zero attached hydrogens (tertiary/aromatic N) is 3. The van der Waals surface area contributed by atoms with E-state index in [2.05, 4.69) is 25.6 Å². The van der Waals surface area contributed by atoms with Gasteiger partial charge in [0.05, 0.1) is 0 Å². The number of pyridine rings is 1. The lowest BCUT2D eigenvalue weighted by Crippen LogP contribution is -2.41. The maximum Gasteiger partial charge on any atom is 0.253 e. The van der Waals surface area contributed by atoms with Gasteiger partial charge in [0.25, 0.3) is 11.8 Å². The summed E-state index contributed by atoms with van der Waals surface area (Å²) in [4.78, 5) is 38.4. The fraction of sp³-hybridized carbons (Fsp3) is 0.526. The Morgan fingerprint density at radius 1 is 0.808 bits per heavy atom.